The molecule has 17 heavy (non-hydrogen) atoms. The molecule has 1 N–H and O–H groups in total. The molecule has 0 bridgehead atoms. The second-order valence-corrected chi connectivity index (χ2v) is 4.94. The molecule has 0 aliphatic heterocycles. The molecule has 0 spiro atoms. The molecule has 2 rings (SSSR count). The summed E-state index contributed by atoms with van der Waals surface area (Å²) in [5.74, 6) is 0. The fourth-order valence-corrected chi connectivity index (χ4v) is 1.76. The predicted octanol–water partition coefficient (Wildman–Crippen LogP) is 3.17. The maximum Gasteiger partial charge on any atom is 0.101 e. The van der Waals surface area contributed by atoms with Crippen molar-refractivity contribution >= 4 is 27.5 Å². The predicted molar refractivity (Wildman–Crippen MR) is 69.8 cm³/mol. The van der Waals surface area contributed by atoms with Gasteiger partial charge in [0.05, 0.1) is 10.7 Å². The zero-order valence-corrected chi connectivity index (χ0v) is 11.2. The summed E-state index contributed by atoms with van der Waals surface area (Å²) in [5, 5.41) is 10.5. The van der Waals surface area contributed by atoms with Crippen LogP contribution in [-0.2, 0) is 6.42 Å². The average molecular weight is 314 g/mol. The highest BCUT2D eigenvalue weighted by Crippen LogP contribution is 2.17. The smallest absolute Gasteiger partial charge is 0.101 e. The number of pyridine rings is 2. The van der Waals surface area contributed by atoms with E-state index >= 15 is 0 Å². The third-order valence-electron chi connectivity index (χ3n) is 2.28. The zero-order valence-electron chi connectivity index (χ0n) is 8.85. The van der Waals surface area contributed by atoms with E-state index in [-0.39, 0.29) is 0 Å². The Morgan fingerprint density at radius 1 is 1.18 bits per heavy atom. The van der Waals surface area contributed by atoms with Gasteiger partial charge in [-0.25, -0.2) is 0 Å². The van der Waals surface area contributed by atoms with E-state index in [0.717, 1.165) is 10.2 Å². The Labute approximate surface area is 113 Å². The Balaban J connectivity index is 2.08. The summed E-state index contributed by atoms with van der Waals surface area (Å²) >= 11 is 9.04. The summed E-state index contributed by atoms with van der Waals surface area (Å²) in [4.78, 5) is 8.27. The molecule has 0 radical (unpaired) electrons. The molecule has 0 saturated heterocycles. The highest BCUT2D eigenvalue weighted by atomic mass is 79.9. The van der Waals surface area contributed by atoms with Gasteiger partial charge >= 0.3 is 0 Å². The largest absolute Gasteiger partial charge is 0.386 e. The van der Waals surface area contributed by atoms with Crippen LogP contribution in [0, 0.1) is 0 Å². The molecule has 3 nitrogen and oxygen atoms in total. The lowest BCUT2D eigenvalue weighted by molar-refractivity contribution is 0.172. The molecule has 1 unspecified atom stereocenters. The van der Waals surface area contributed by atoms with E-state index in [9.17, 15) is 5.11 Å². The number of hydrogen-bond acceptors (Lipinski definition) is 3. The minimum absolute atomic E-state index is 0.432. The van der Waals surface area contributed by atoms with Gasteiger partial charge in [0.15, 0.2) is 0 Å². The Bertz CT molecular complexity index is 487. The van der Waals surface area contributed by atoms with Gasteiger partial charge in [-0.05, 0) is 40.2 Å². The van der Waals surface area contributed by atoms with Gasteiger partial charge in [0, 0.05) is 29.0 Å². The van der Waals surface area contributed by atoms with Gasteiger partial charge in [-0.1, -0.05) is 11.6 Å². The fraction of sp³-hybridized carbons (Fsp3) is 0.167. The zero-order chi connectivity index (χ0) is 12.3. The number of aromatic nitrogens is 2. The highest BCUT2D eigenvalue weighted by Gasteiger charge is 2.10. The van der Waals surface area contributed by atoms with Crippen molar-refractivity contribution in [2.75, 3.05) is 0 Å². The number of hydrogen-bond donors (Lipinski definition) is 1. The number of aliphatic hydroxyl groups excluding tert-OH is 1. The Morgan fingerprint density at radius 2 is 2.00 bits per heavy atom. The number of aliphatic hydroxyl groups is 1. The van der Waals surface area contributed by atoms with Crippen LogP contribution in [0.5, 0.6) is 0 Å². The van der Waals surface area contributed by atoms with Crippen molar-refractivity contribution in [3.63, 3.8) is 0 Å². The third kappa shape index (κ3) is 3.49. The standard InChI is InChI=1S/C12H10BrClN2O/c13-8-1-3-10(15-6-8)5-12(17)11-4-2-9(14)7-16-11/h1-4,6-7,12,17H,5H2. The molecule has 0 aliphatic rings. The van der Waals surface area contributed by atoms with E-state index < -0.39 is 6.10 Å². The van der Waals surface area contributed by atoms with Gasteiger partial charge in [0.1, 0.15) is 6.10 Å². The molecular formula is C12H10BrClN2O. The molecule has 88 valence electrons. The molecule has 2 aromatic heterocycles. The lowest BCUT2D eigenvalue weighted by atomic mass is 10.1. The van der Waals surface area contributed by atoms with Gasteiger partial charge in [-0.3, -0.25) is 9.97 Å². The number of halogens is 2. The number of rotatable bonds is 3. The van der Waals surface area contributed by atoms with Crippen molar-refractivity contribution in [2.24, 2.45) is 0 Å². The van der Waals surface area contributed by atoms with Gasteiger partial charge in [0.25, 0.3) is 0 Å². The molecule has 0 aliphatic carbocycles. The summed E-state index contributed by atoms with van der Waals surface area (Å²) < 4.78 is 0.917. The Kier molecular flexibility index (Phi) is 4.10. The van der Waals surface area contributed by atoms with Crippen LogP contribution in [0.25, 0.3) is 0 Å². The molecule has 0 aromatic carbocycles. The van der Waals surface area contributed by atoms with Crippen LogP contribution in [0.15, 0.2) is 41.1 Å². The van der Waals surface area contributed by atoms with Gasteiger partial charge in [0.2, 0.25) is 0 Å². The minimum atomic E-state index is -0.666. The van der Waals surface area contributed by atoms with E-state index in [1.807, 2.05) is 12.1 Å². The van der Waals surface area contributed by atoms with Crippen LogP contribution in [-0.4, -0.2) is 15.1 Å². The summed E-state index contributed by atoms with van der Waals surface area (Å²) in [6.45, 7) is 0. The van der Waals surface area contributed by atoms with Crippen molar-refractivity contribution in [3.8, 4) is 0 Å². The first-order chi connectivity index (χ1) is 8.15. The van der Waals surface area contributed by atoms with Crippen LogP contribution in [0.3, 0.4) is 0 Å². The van der Waals surface area contributed by atoms with Crippen molar-refractivity contribution in [2.45, 2.75) is 12.5 Å². The highest BCUT2D eigenvalue weighted by molar-refractivity contribution is 9.10. The number of nitrogens with zero attached hydrogens (tertiary/aromatic N) is 2. The van der Waals surface area contributed by atoms with E-state index in [0.29, 0.717) is 17.1 Å². The molecule has 1 atom stereocenters. The maximum atomic E-state index is 9.98. The van der Waals surface area contributed by atoms with E-state index in [1.54, 1.807) is 18.3 Å². The van der Waals surface area contributed by atoms with Crippen molar-refractivity contribution in [1.82, 2.24) is 9.97 Å². The molecule has 5 heteroatoms. The first-order valence-corrected chi connectivity index (χ1v) is 6.22. The second kappa shape index (κ2) is 5.58. The Morgan fingerprint density at radius 3 is 2.59 bits per heavy atom. The van der Waals surface area contributed by atoms with Gasteiger partial charge < -0.3 is 5.11 Å². The quantitative estimate of drug-likeness (QED) is 0.946. The van der Waals surface area contributed by atoms with Gasteiger partial charge in [-0.2, -0.15) is 0 Å². The summed E-state index contributed by atoms with van der Waals surface area (Å²) in [6, 6.07) is 7.18. The van der Waals surface area contributed by atoms with Crippen LogP contribution in [0.2, 0.25) is 5.02 Å². The molecule has 0 fully saturated rings. The first-order valence-electron chi connectivity index (χ1n) is 5.05. The molecule has 0 amide bonds. The SMILES string of the molecule is OC(Cc1ccc(Br)cn1)c1ccc(Cl)cn1. The van der Waals surface area contributed by atoms with Crippen LogP contribution in [0.1, 0.15) is 17.5 Å². The minimum Gasteiger partial charge on any atom is -0.386 e. The second-order valence-electron chi connectivity index (χ2n) is 3.59. The maximum absolute atomic E-state index is 9.98. The topological polar surface area (TPSA) is 46.0 Å². The Hall–Kier alpha value is -0.970. The van der Waals surface area contributed by atoms with Crippen LogP contribution in [0.4, 0.5) is 0 Å². The lowest BCUT2D eigenvalue weighted by Gasteiger charge is -2.09. The monoisotopic (exact) mass is 312 g/mol. The molecule has 2 aromatic rings. The normalized spacial score (nSPS) is 12.4. The average Bonchev–Trinajstić information content (AvgIpc) is 2.33. The van der Waals surface area contributed by atoms with E-state index in [4.69, 9.17) is 11.6 Å². The van der Waals surface area contributed by atoms with Crippen LogP contribution >= 0.6 is 27.5 Å². The third-order valence-corrected chi connectivity index (χ3v) is 2.98. The summed E-state index contributed by atoms with van der Waals surface area (Å²) in [7, 11) is 0. The first kappa shape index (κ1) is 12.5. The summed E-state index contributed by atoms with van der Waals surface area (Å²) in [5.41, 5.74) is 1.41. The van der Waals surface area contributed by atoms with E-state index in [2.05, 4.69) is 25.9 Å². The molecule has 2 heterocycles. The molecule has 0 saturated carbocycles. The summed E-state index contributed by atoms with van der Waals surface area (Å²) in [6.07, 6.45) is 3.00. The van der Waals surface area contributed by atoms with Crippen molar-refractivity contribution in [3.05, 3.63) is 57.5 Å². The van der Waals surface area contributed by atoms with Crippen LogP contribution < -0.4 is 0 Å². The molecular weight excluding hydrogens is 304 g/mol. The van der Waals surface area contributed by atoms with Crippen molar-refractivity contribution in [1.29, 1.82) is 0 Å². The fourth-order valence-electron chi connectivity index (χ4n) is 1.41. The van der Waals surface area contributed by atoms with Gasteiger partial charge in [-0.15, -0.1) is 0 Å². The lowest BCUT2D eigenvalue weighted by Crippen LogP contribution is -2.05. The van der Waals surface area contributed by atoms with Crippen molar-refractivity contribution < 1.29 is 5.11 Å². The van der Waals surface area contributed by atoms with E-state index in [1.165, 1.54) is 6.20 Å².